The molecule has 20 heavy (non-hydrogen) atoms. The minimum Gasteiger partial charge on any atom is -0.365 e. The van der Waals surface area contributed by atoms with E-state index in [1.807, 2.05) is 6.92 Å². The summed E-state index contributed by atoms with van der Waals surface area (Å²) in [4.78, 5) is 12.2. The Morgan fingerprint density at radius 3 is 2.70 bits per heavy atom. The largest absolute Gasteiger partial charge is 0.365 e. The molecule has 4 atom stereocenters. The molecule has 0 saturated heterocycles. The number of amides is 1. The summed E-state index contributed by atoms with van der Waals surface area (Å²) in [7, 11) is 0. The molecule has 118 valence electrons. The van der Waals surface area contributed by atoms with E-state index in [2.05, 4.69) is 31.4 Å². The molecule has 0 aliphatic heterocycles. The predicted molar refractivity (Wildman–Crippen MR) is 82.7 cm³/mol. The van der Waals surface area contributed by atoms with E-state index in [4.69, 9.17) is 4.74 Å². The second kappa shape index (κ2) is 9.35. The minimum atomic E-state index is -0.292. The zero-order valence-electron chi connectivity index (χ0n) is 13.6. The third-order valence-corrected chi connectivity index (χ3v) is 4.04. The second-order valence-corrected chi connectivity index (χ2v) is 6.13. The number of carbonyl (C=O) groups excluding carboxylic acids is 1. The van der Waals surface area contributed by atoms with Gasteiger partial charge < -0.3 is 15.4 Å². The smallest absolute Gasteiger partial charge is 0.249 e. The Bertz CT molecular complexity index is 284. The minimum absolute atomic E-state index is 0.0375. The highest BCUT2D eigenvalue weighted by Gasteiger charge is 2.25. The van der Waals surface area contributed by atoms with E-state index >= 15 is 0 Å². The van der Waals surface area contributed by atoms with Crippen molar-refractivity contribution < 1.29 is 9.53 Å². The highest BCUT2D eigenvalue weighted by Crippen LogP contribution is 2.26. The van der Waals surface area contributed by atoms with Gasteiger partial charge in [-0.2, -0.15) is 0 Å². The lowest BCUT2D eigenvalue weighted by molar-refractivity contribution is -0.139. The molecule has 0 radical (unpaired) electrons. The standard InChI is InChI=1S/C16H32N2O2/c1-5-15(16(19)18-11-13(4)17-6-2)20-14-9-7-8-12(3)10-14/h12-15,17H,5-11H2,1-4H3,(H,18,19)/t12?,13-,14?,15?/m1/s1. The third kappa shape index (κ3) is 6.23. The molecule has 0 aromatic carbocycles. The van der Waals surface area contributed by atoms with E-state index in [0.29, 0.717) is 12.6 Å². The first kappa shape index (κ1) is 17.4. The fraction of sp³-hybridized carbons (Fsp3) is 0.938. The van der Waals surface area contributed by atoms with Crippen LogP contribution < -0.4 is 10.6 Å². The van der Waals surface area contributed by atoms with Gasteiger partial charge in [0.15, 0.2) is 0 Å². The summed E-state index contributed by atoms with van der Waals surface area (Å²) in [6.45, 7) is 10.0. The summed E-state index contributed by atoms with van der Waals surface area (Å²) in [5.41, 5.74) is 0. The van der Waals surface area contributed by atoms with Crippen molar-refractivity contribution in [3.05, 3.63) is 0 Å². The fourth-order valence-corrected chi connectivity index (χ4v) is 2.87. The maximum absolute atomic E-state index is 12.2. The summed E-state index contributed by atoms with van der Waals surface area (Å²) < 4.78 is 6.03. The average Bonchev–Trinajstić information content (AvgIpc) is 2.42. The van der Waals surface area contributed by atoms with Crippen LogP contribution in [0.2, 0.25) is 0 Å². The first-order valence-corrected chi connectivity index (χ1v) is 8.23. The Kier molecular flexibility index (Phi) is 8.15. The van der Waals surface area contributed by atoms with Crippen LogP contribution in [0.15, 0.2) is 0 Å². The first-order chi connectivity index (χ1) is 9.56. The molecule has 4 nitrogen and oxygen atoms in total. The zero-order chi connectivity index (χ0) is 15.0. The summed E-state index contributed by atoms with van der Waals surface area (Å²) in [5.74, 6) is 0.763. The third-order valence-electron chi connectivity index (χ3n) is 4.04. The van der Waals surface area contributed by atoms with Crippen LogP contribution in [-0.4, -0.2) is 37.2 Å². The molecular formula is C16H32N2O2. The predicted octanol–water partition coefficient (Wildman–Crippen LogP) is 2.47. The van der Waals surface area contributed by atoms with Gasteiger partial charge in [-0.3, -0.25) is 4.79 Å². The van der Waals surface area contributed by atoms with Gasteiger partial charge >= 0.3 is 0 Å². The number of hydrogen-bond acceptors (Lipinski definition) is 3. The monoisotopic (exact) mass is 284 g/mol. The van der Waals surface area contributed by atoms with Crippen LogP contribution in [-0.2, 0) is 9.53 Å². The molecule has 0 aromatic rings. The van der Waals surface area contributed by atoms with Gasteiger partial charge in [0.1, 0.15) is 6.10 Å². The van der Waals surface area contributed by atoms with Crippen molar-refractivity contribution in [1.82, 2.24) is 10.6 Å². The molecule has 1 aliphatic rings. The molecule has 1 saturated carbocycles. The Morgan fingerprint density at radius 1 is 1.35 bits per heavy atom. The highest BCUT2D eigenvalue weighted by molar-refractivity contribution is 5.80. The van der Waals surface area contributed by atoms with Gasteiger partial charge in [0, 0.05) is 12.6 Å². The van der Waals surface area contributed by atoms with Gasteiger partial charge in [-0.25, -0.2) is 0 Å². The lowest BCUT2D eigenvalue weighted by atomic mass is 9.88. The van der Waals surface area contributed by atoms with Crippen LogP contribution in [0.3, 0.4) is 0 Å². The van der Waals surface area contributed by atoms with Crippen LogP contribution in [0.25, 0.3) is 0 Å². The quantitative estimate of drug-likeness (QED) is 0.720. The van der Waals surface area contributed by atoms with E-state index in [-0.39, 0.29) is 18.1 Å². The maximum atomic E-state index is 12.2. The summed E-state index contributed by atoms with van der Waals surface area (Å²) in [6.07, 6.45) is 5.43. The zero-order valence-corrected chi connectivity index (χ0v) is 13.6. The molecule has 1 aliphatic carbocycles. The second-order valence-electron chi connectivity index (χ2n) is 6.13. The Morgan fingerprint density at radius 2 is 2.10 bits per heavy atom. The van der Waals surface area contributed by atoms with Crippen molar-refractivity contribution in [3.8, 4) is 0 Å². The number of carbonyl (C=O) groups is 1. The lowest BCUT2D eigenvalue weighted by Crippen LogP contribution is -2.44. The Labute approximate surface area is 124 Å². The van der Waals surface area contributed by atoms with E-state index in [0.717, 1.165) is 31.7 Å². The van der Waals surface area contributed by atoms with Crippen molar-refractivity contribution in [2.75, 3.05) is 13.1 Å². The number of hydrogen-bond donors (Lipinski definition) is 2. The van der Waals surface area contributed by atoms with Gasteiger partial charge in [0.25, 0.3) is 0 Å². The van der Waals surface area contributed by atoms with Crippen molar-refractivity contribution >= 4 is 5.91 Å². The molecule has 3 unspecified atom stereocenters. The Hall–Kier alpha value is -0.610. The summed E-state index contributed by atoms with van der Waals surface area (Å²) in [5, 5.41) is 6.28. The molecule has 2 N–H and O–H groups in total. The number of ether oxygens (including phenoxy) is 1. The summed E-state index contributed by atoms with van der Waals surface area (Å²) in [6, 6.07) is 0.302. The van der Waals surface area contributed by atoms with Gasteiger partial charge in [0.05, 0.1) is 6.10 Å². The SMILES string of the molecule is CCN[C@H](C)CNC(=O)C(CC)OC1CCCC(C)C1. The average molecular weight is 284 g/mol. The van der Waals surface area contributed by atoms with Crippen molar-refractivity contribution in [3.63, 3.8) is 0 Å². The van der Waals surface area contributed by atoms with Crippen LogP contribution in [0, 0.1) is 5.92 Å². The van der Waals surface area contributed by atoms with E-state index in [9.17, 15) is 4.79 Å². The molecule has 0 bridgehead atoms. The molecule has 1 rings (SSSR count). The molecule has 4 heteroatoms. The van der Waals surface area contributed by atoms with Gasteiger partial charge in [-0.15, -0.1) is 0 Å². The van der Waals surface area contributed by atoms with Gasteiger partial charge in [0.2, 0.25) is 5.91 Å². The van der Waals surface area contributed by atoms with Gasteiger partial charge in [-0.1, -0.05) is 33.6 Å². The van der Waals surface area contributed by atoms with Crippen molar-refractivity contribution in [2.45, 2.75) is 78.0 Å². The Balaban J connectivity index is 2.34. The number of likely N-dealkylation sites (N-methyl/N-ethyl adjacent to an activating group) is 1. The molecule has 0 spiro atoms. The number of rotatable bonds is 8. The summed E-state index contributed by atoms with van der Waals surface area (Å²) >= 11 is 0. The van der Waals surface area contributed by atoms with E-state index in [1.54, 1.807) is 0 Å². The molecule has 1 amide bonds. The molecule has 1 fully saturated rings. The number of nitrogens with one attached hydrogen (secondary N) is 2. The van der Waals surface area contributed by atoms with Crippen LogP contribution in [0.5, 0.6) is 0 Å². The van der Waals surface area contributed by atoms with E-state index < -0.39 is 0 Å². The molecule has 0 aromatic heterocycles. The highest BCUT2D eigenvalue weighted by atomic mass is 16.5. The maximum Gasteiger partial charge on any atom is 0.249 e. The van der Waals surface area contributed by atoms with E-state index in [1.165, 1.54) is 12.8 Å². The fourth-order valence-electron chi connectivity index (χ4n) is 2.87. The normalized spacial score (nSPS) is 26.0. The van der Waals surface area contributed by atoms with Crippen molar-refractivity contribution in [2.24, 2.45) is 5.92 Å². The first-order valence-electron chi connectivity index (χ1n) is 8.23. The topological polar surface area (TPSA) is 50.4 Å². The lowest BCUT2D eigenvalue weighted by Gasteiger charge is -2.30. The van der Waals surface area contributed by atoms with Crippen LogP contribution in [0.4, 0.5) is 0 Å². The van der Waals surface area contributed by atoms with Crippen LogP contribution in [0.1, 0.15) is 59.8 Å². The molecular weight excluding hydrogens is 252 g/mol. The van der Waals surface area contributed by atoms with Crippen LogP contribution >= 0.6 is 0 Å². The van der Waals surface area contributed by atoms with Crippen molar-refractivity contribution in [1.29, 1.82) is 0 Å². The molecule has 0 heterocycles. The van der Waals surface area contributed by atoms with Gasteiger partial charge in [-0.05, 0) is 38.6 Å².